The van der Waals surface area contributed by atoms with Gasteiger partial charge in [0.25, 0.3) is 0 Å². The van der Waals surface area contributed by atoms with Gasteiger partial charge in [0.1, 0.15) is 11.7 Å². The first-order valence-electron chi connectivity index (χ1n) is 6.97. The number of carbonyl (C=O) groups is 2. The third-order valence-electron chi connectivity index (χ3n) is 3.38. The topological polar surface area (TPSA) is 109 Å². The highest BCUT2D eigenvalue weighted by Crippen LogP contribution is 2.38. The van der Waals surface area contributed by atoms with Crippen LogP contribution in [-0.2, 0) is 9.47 Å². The van der Waals surface area contributed by atoms with Crippen LogP contribution >= 0.6 is 11.6 Å². The van der Waals surface area contributed by atoms with Crippen molar-refractivity contribution in [3.05, 3.63) is 46.3 Å². The average molecular weight is 355 g/mol. The number of rotatable bonds is 3. The van der Waals surface area contributed by atoms with Crippen LogP contribution in [0.15, 0.2) is 40.8 Å². The van der Waals surface area contributed by atoms with E-state index >= 15 is 0 Å². The lowest BCUT2D eigenvalue weighted by Crippen LogP contribution is -2.33. The number of hydrazone groups is 1. The standard InChI is InChI=1S/C15H15ClN2O6/c1-3-18-8(2)12(23-14(19)20)11(13(17-18)24-15(21)22)9-6-4-5-7-10(9)16/h4-7,11H,3H2,1-2H3,(H,19,20)(H,21,22). The largest absolute Gasteiger partial charge is 0.512 e. The van der Waals surface area contributed by atoms with Gasteiger partial charge >= 0.3 is 12.3 Å². The number of ether oxygens (including phenoxy) is 2. The van der Waals surface area contributed by atoms with Gasteiger partial charge in [-0.05, 0) is 25.5 Å². The van der Waals surface area contributed by atoms with Crippen molar-refractivity contribution in [1.82, 2.24) is 5.01 Å². The molecule has 0 saturated carbocycles. The second-order valence-corrected chi connectivity index (χ2v) is 5.20. The van der Waals surface area contributed by atoms with Gasteiger partial charge in [0, 0.05) is 11.6 Å². The second kappa shape index (κ2) is 7.22. The van der Waals surface area contributed by atoms with Crippen LogP contribution in [0.1, 0.15) is 25.3 Å². The quantitative estimate of drug-likeness (QED) is 0.796. The number of nitrogens with zero attached hydrogens (tertiary/aromatic N) is 2. The molecular formula is C15H15ClN2O6. The maximum Gasteiger partial charge on any atom is 0.512 e. The molecule has 0 fully saturated rings. The molecule has 0 aliphatic carbocycles. The van der Waals surface area contributed by atoms with Gasteiger partial charge in [0.05, 0.1) is 5.70 Å². The Morgan fingerprint density at radius 2 is 1.88 bits per heavy atom. The predicted molar refractivity (Wildman–Crippen MR) is 84.9 cm³/mol. The van der Waals surface area contributed by atoms with Gasteiger partial charge in [0.2, 0.25) is 5.90 Å². The fourth-order valence-electron chi connectivity index (χ4n) is 2.39. The Hall–Kier alpha value is -2.74. The maximum absolute atomic E-state index is 11.1. The van der Waals surface area contributed by atoms with Crippen LogP contribution in [-0.4, -0.2) is 40.0 Å². The fraction of sp³-hybridized carbons (Fsp3) is 0.267. The molecule has 1 aliphatic heterocycles. The van der Waals surface area contributed by atoms with Crippen LogP contribution in [0.3, 0.4) is 0 Å². The number of halogens is 1. The molecule has 9 heteroatoms. The van der Waals surface area contributed by atoms with E-state index in [1.807, 2.05) is 0 Å². The number of hydrogen-bond donors (Lipinski definition) is 2. The summed E-state index contributed by atoms with van der Waals surface area (Å²) in [5, 5.41) is 23.8. The summed E-state index contributed by atoms with van der Waals surface area (Å²) in [4.78, 5) is 22.1. The molecular weight excluding hydrogens is 340 g/mol. The van der Waals surface area contributed by atoms with E-state index in [1.165, 1.54) is 5.01 Å². The van der Waals surface area contributed by atoms with E-state index < -0.39 is 18.2 Å². The second-order valence-electron chi connectivity index (χ2n) is 4.79. The van der Waals surface area contributed by atoms with E-state index in [-0.39, 0.29) is 11.7 Å². The van der Waals surface area contributed by atoms with E-state index in [4.69, 9.17) is 31.3 Å². The highest BCUT2D eigenvalue weighted by Gasteiger charge is 2.37. The van der Waals surface area contributed by atoms with Crippen molar-refractivity contribution in [1.29, 1.82) is 0 Å². The van der Waals surface area contributed by atoms with Gasteiger partial charge in [-0.1, -0.05) is 29.8 Å². The highest BCUT2D eigenvalue weighted by molar-refractivity contribution is 6.31. The van der Waals surface area contributed by atoms with Crippen LogP contribution in [0, 0.1) is 0 Å². The zero-order valence-electron chi connectivity index (χ0n) is 12.9. The molecule has 24 heavy (non-hydrogen) atoms. The molecule has 1 atom stereocenters. The minimum absolute atomic E-state index is 0.0105. The summed E-state index contributed by atoms with van der Waals surface area (Å²) in [6.07, 6.45) is -3.11. The number of allylic oxidation sites excluding steroid dienone is 1. The Kier molecular flexibility index (Phi) is 5.30. The van der Waals surface area contributed by atoms with Crippen molar-refractivity contribution in [2.45, 2.75) is 19.8 Å². The molecule has 8 nitrogen and oxygen atoms in total. The molecule has 1 unspecified atom stereocenters. The van der Waals surface area contributed by atoms with Crippen molar-refractivity contribution in [2.24, 2.45) is 5.10 Å². The first-order valence-corrected chi connectivity index (χ1v) is 7.35. The molecule has 0 saturated heterocycles. The highest BCUT2D eigenvalue weighted by atomic mass is 35.5. The molecule has 0 spiro atoms. The monoisotopic (exact) mass is 354 g/mol. The zero-order chi connectivity index (χ0) is 17.9. The van der Waals surface area contributed by atoms with Crippen LogP contribution in [0.4, 0.5) is 9.59 Å². The van der Waals surface area contributed by atoms with Crippen LogP contribution in [0.2, 0.25) is 5.02 Å². The van der Waals surface area contributed by atoms with E-state index in [9.17, 15) is 9.59 Å². The maximum atomic E-state index is 11.1. The lowest BCUT2D eigenvalue weighted by molar-refractivity contribution is 0.107. The molecule has 128 valence electrons. The van der Waals surface area contributed by atoms with Crippen molar-refractivity contribution in [3.8, 4) is 0 Å². The number of hydrogen-bond acceptors (Lipinski definition) is 6. The Labute approximate surface area is 142 Å². The smallest absolute Gasteiger partial charge is 0.449 e. The third-order valence-corrected chi connectivity index (χ3v) is 3.72. The normalized spacial score (nSPS) is 17.4. The zero-order valence-corrected chi connectivity index (χ0v) is 13.6. The molecule has 1 aliphatic rings. The SMILES string of the molecule is CCN1N=C(OC(=O)O)C(c2ccccc2Cl)C(OC(=O)O)=C1C. The van der Waals surface area contributed by atoms with Gasteiger partial charge in [-0.2, -0.15) is 0 Å². The number of carboxylic acid groups (broad SMARTS) is 2. The van der Waals surface area contributed by atoms with Crippen molar-refractivity contribution < 1.29 is 29.3 Å². The summed E-state index contributed by atoms with van der Waals surface area (Å²) < 4.78 is 9.68. The Bertz CT molecular complexity index is 730. The summed E-state index contributed by atoms with van der Waals surface area (Å²) in [6, 6.07) is 6.58. The molecule has 0 radical (unpaired) electrons. The molecule has 1 aromatic carbocycles. The molecule has 1 aromatic rings. The molecule has 2 rings (SSSR count). The van der Waals surface area contributed by atoms with E-state index in [2.05, 4.69) is 5.10 Å². The molecule has 0 amide bonds. The summed E-state index contributed by atoms with van der Waals surface area (Å²) >= 11 is 6.18. The molecule has 2 N–H and O–H groups in total. The van der Waals surface area contributed by atoms with Gasteiger partial charge in [-0.25, -0.2) is 9.59 Å². The van der Waals surface area contributed by atoms with Crippen molar-refractivity contribution >= 4 is 29.8 Å². The number of benzene rings is 1. The molecule has 0 bridgehead atoms. The van der Waals surface area contributed by atoms with Crippen LogP contribution in [0.25, 0.3) is 0 Å². The van der Waals surface area contributed by atoms with Gasteiger partial charge in [0.15, 0.2) is 0 Å². The lowest BCUT2D eigenvalue weighted by Gasteiger charge is -2.31. The predicted octanol–water partition coefficient (Wildman–Crippen LogP) is 3.69. The van der Waals surface area contributed by atoms with E-state index in [0.717, 1.165) is 0 Å². The Morgan fingerprint density at radius 1 is 1.25 bits per heavy atom. The van der Waals surface area contributed by atoms with Gasteiger partial charge in [-0.15, -0.1) is 5.10 Å². The first kappa shape index (κ1) is 17.6. The summed E-state index contributed by atoms with van der Waals surface area (Å²) in [5.74, 6) is -1.24. The molecule has 1 heterocycles. The van der Waals surface area contributed by atoms with Crippen LogP contribution in [0.5, 0.6) is 0 Å². The lowest BCUT2D eigenvalue weighted by atomic mass is 9.94. The minimum Gasteiger partial charge on any atom is -0.449 e. The van der Waals surface area contributed by atoms with E-state index in [1.54, 1.807) is 38.1 Å². The first-order chi connectivity index (χ1) is 11.3. The fourth-order valence-corrected chi connectivity index (χ4v) is 2.63. The molecule has 0 aromatic heterocycles. The summed E-state index contributed by atoms with van der Waals surface area (Å²) in [6.45, 7) is 3.74. The van der Waals surface area contributed by atoms with Crippen LogP contribution < -0.4 is 0 Å². The minimum atomic E-state index is -1.57. The summed E-state index contributed by atoms with van der Waals surface area (Å²) in [7, 11) is 0. The Balaban J connectivity index is 2.63. The van der Waals surface area contributed by atoms with Gasteiger partial charge in [-0.3, -0.25) is 5.01 Å². The Morgan fingerprint density at radius 3 is 2.42 bits per heavy atom. The summed E-state index contributed by atoms with van der Waals surface area (Å²) in [5.41, 5.74) is 0.841. The van der Waals surface area contributed by atoms with Crippen molar-refractivity contribution in [2.75, 3.05) is 6.54 Å². The van der Waals surface area contributed by atoms with Crippen molar-refractivity contribution in [3.63, 3.8) is 0 Å². The average Bonchev–Trinajstić information content (AvgIpc) is 2.50. The van der Waals surface area contributed by atoms with Gasteiger partial charge < -0.3 is 19.7 Å². The van der Waals surface area contributed by atoms with E-state index in [0.29, 0.717) is 22.8 Å². The third kappa shape index (κ3) is 3.60.